The van der Waals surface area contributed by atoms with Crippen molar-refractivity contribution in [2.45, 2.75) is 66.3 Å². The average molecular weight is 482 g/mol. The van der Waals surface area contributed by atoms with Crippen molar-refractivity contribution >= 4 is 29.9 Å². The Morgan fingerprint density at radius 3 is 2.58 bits per heavy atom. The fraction of sp³-hybridized carbons (Fsp3) is 0.950. The maximum atomic E-state index is 4.86. The summed E-state index contributed by atoms with van der Waals surface area (Å²) in [7, 11) is 0. The quantitative estimate of drug-likeness (QED) is 0.255. The molecule has 1 aliphatic rings. The van der Waals surface area contributed by atoms with E-state index in [4.69, 9.17) is 4.99 Å². The van der Waals surface area contributed by atoms with Crippen molar-refractivity contribution in [1.29, 1.82) is 0 Å². The lowest BCUT2D eigenvalue weighted by molar-refractivity contribution is 0.292. The van der Waals surface area contributed by atoms with E-state index in [0.29, 0.717) is 6.04 Å². The molecule has 0 aromatic carbocycles. The summed E-state index contributed by atoms with van der Waals surface area (Å²) in [6.07, 6.45) is 4.98. The van der Waals surface area contributed by atoms with E-state index in [1.165, 1.54) is 51.9 Å². The van der Waals surface area contributed by atoms with Gasteiger partial charge in [-0.25, -0.2) is 0 Å². The minimum atomic E-state index is 0. The van der Waals surface area contributed by atoms with Crippen LogP contribution in [0.15, 0.2) is 4.99 Å². The van der Waals surface area contributed by atoms with E-state index < -0.39 is 0 Å². The molecule has 0 amide bonds. The third-order valence-electron chi connectivity index (χ3n) is 5.15. The second-order valence-electron chi connectivity index (χ2n) is 7.39. The fourth-order valence-corrected chi connectivity index (χ4v) is 3.59. The van der Waals surface area contributed by atoms with Gasteiger partial charge >= 0.3 is 0 Å². The Balaban J connectivity index is 0.00000625. The number of nitrogens with zero attached hydrogens (tertiary/aromatic N) is 3. The van der Waals surface area contributed by atoms with Gasteiger partial charge in [0.1, 0.15) is 0 Å². The van der Waals surface area contributed by atoms with E-state index in [1.54, 1.807) is 0 Å². The molecule has 0 radical (unpaired) electrons. The Bertz CT molecular complexity index is 360. The Hall–Kier alpha value is -0.0800. The molecule has 1 saturated heterocycles. The van der Waals surface area contributed by atoms with Crippen LogP contribution in [0.25, 0.3) is 0 Å². The summed E-state index contributed by atoms with van der Waals surface area (Å²) in [5, 5.41) is 7.00. The Labute approximate surface area is 179 Å². The van der Waals surface area contributed by atoms with Crippen molar-refractivity contribution < 1.29 is 0 Å². The molecule has 6 heteroatoms. The predicted octanol–water partition coefficient (Wildman–Crippen LogP) is 3.40. The van der Waals surface area contributed by atoms with Gasteiger partial charge in [0.2, 0.25) is 0 Å². The number of guanidine groups is 1. The third-order valence-corrected chi connectivity index (χ3v) is 5.15. The molecule has 2 N–H and O–H groups in total. The number of likely N-dealkylation sites (tertiary alicyclic amines) is 1. The smallest absolute Gasteiger partial charge is 0.191 e. The van der Waals surface area contributed by atoms with Gasteiger partial charge in [-0.2, -0.15) is 0 Å². The van der Waals surface area contributed by atoms with Crippen LogP contribution in [-0.2, 0) is 0 Å². The molecule has 156 valence electrons. The van der Waals surface area contributed by atoms with Crippen molar-refractivity contribution in [3.05, 3.63) is 0 Å². The number of aliphatic imine (C=N–C) groups is 1. The van der Waals surface area contributed by atoms with E-state index in [9.17, 15) is 0 Å². The van der Waals surface area contributed by atoms with Gasteiger partial charge in [0.05, 0.1) is 0 Å². The zero-order valence-electron chi connectivity index (χ0n) is 17.9. The first-order chi connectivity index (χ1) is 12.1. The first-order valence-corrected chi connectivity index (χ1v) is 10.6. The standard InChI is InChI=1S/C20H43N5.HI/c1-6-13-25-15-12-19(17-25)16-22-20(21-7-2)23-18(5)11-10-14-24(8-3)9-4;/h18-19H,6-17H2,1-5H3,(H2,21,22,23);1H. The number of halogens is 1. The van der Waals surface area contributed by atoms with Gasteiger partial charge in [-0.1, -0.05) is 20.8 Å². The van der Waals surface area contributed by atoms with Crippen molar-refractivity contribution in [3.8, 4) is 0 Å². The van der Waals surface area contributed by atoms with Crippen LogP contribution in [0.1, 0.15) is 60.3 Å². The highest BCUT2D eigenvalue weighted by molar-refractivity contribution is 14.0. The molecule has 0 saturated carbocycles. The summed E-state index contributed by atoms with van der Waals surface area (Å²) in [6.45, 7) is 20.2. The van der Waals surface area contributed by atoms with Crippen molar-refractivity contribution in [1.82, 2.24) is 20.4 Å². The second kappa shape index (κ2) is 15.9. The van der Waals surface area contributed by atoms with Crippen LogP contribution >= 0.6 is 24.0 Å². The van der Waals surface area contributed by atoms with Gasteiger partial charge < -0.3 is 20.4 Å². The van der Waals surface area contributed by atoms with Crippen molar-refractivity contribution in [2.75, 3.05) is 52.4 Å². The summed E-state index contributed by atoms with van der Waals surface area (Å²) < 4.78 is 0. The van der Waals surface area contributed by atoms with Gasteiger partial charge in [-0.15, -0.1) is 24.0 Å². The Morgan fingerprint density at radius 2 is 1.96 bits per heavy atom. The monoisotopic (exact) mass is 481 g/mol. The zero-order valence-corrected chi connectivity index (χ0v) is 20.2. The lowest BCUT2D eigenvalue weighted by atomic mass is 10.1. The van der Waals surface area contributed by atoms with Crippen LogP contribution in [0.5, 0.6) is 0 Å². The van der Waals surface area contributed by atoms with E-state index in [-0.39, 0.29) is 24.0 Å². The van der Waals surface area contributed by atoms with Gasteiger partial charge in [-0.3, -0.25) is 4.99 Å². The van der Waals surface area contributed by atoms with E-state index in [0.717, 1.165) is 38.1 Å². The van der Waals surface area contributed by atoms with Gasteiger partial charge in [0.25, 0.3) is 0 Å². The average Bonchev–Trinajstić information content (AvgIpc) is 3.05. The predicted molar refractivity (Wildman–Crippen MR) is 126 cm³/mol. The van der Waals surface area contributed by atoms with Crippen LogP contribution in [0, 0.1) is 5.92 Å². The highest BCUT2D eigenvalue weighted by Crippen LogP contribution is 2.16. The van der Waals surface area contributed by atoms with Crippen LogP contribution in [0.2, 0.25) is 0 Å². The molecule has 1 heterocycles. The Kier molecular flexibility index (Phi) is 15.9. The van der Waals surface area contributed by atoms with Crippen molar-refractivity contribution in [3.63, 3.8) is 0 Å². The molecule has 0 aromatic rings. The highest BCUT2D eigenvalue weighted by atomic mass is 127. The minimum absolute atomic E-state index is 0. The molecule has 2 atom stereocenters. The largest absolute Gasteiger partial charge is 0.357 e. The molecule has 26 heavy (non-hydrogen) atoms. The van der Waals surface area contributed by atoms with Crippen LogP contribution in [-0.4, -0.2) is 74.2 Å². The molecule has 2 unspecified atom stereocenters. The number of nitrogens with one attached hydrogen (secondary N) is 2. The first kappa shape index (κ1) is 25.9. The molecule has 0 spiro atoms. The maximum Gasteiger partial charge on any atom is 0.191 e. The number of hydrogen-bond acceptors (Lipinski definition) is 3. The van der Waals surface area contributed by atoms with E-state index in [1.807, 2.05) is 0 Å². The molecular formula is C20H44IN5. The summed E-state index contributed by atoms with van der Waals surface area (Å²) in [5.41, 5.74) is 0. The van der Waals surface area contributed by atoms with Crippen LogP contribution in [0.4, 0.5) is 0 Å². The topological polar surface area (TPSA) is 42.9 Å². The van der Waals surface area contributed by atoms with Crippen LogP contribution in [0.3, 0.4) is 0 Å². The lowest BCUT2D eigenvalue weighted by Gasteiger charge is -2.21. The van der Waals surface area contributed by atoms with Gasteiger partial charge in [0.15, 0.2) is 5.96 Å². The molecule has 1 aliphatic heterocycles. The molecule has 0 aliphatic carbocycles. The fourth-order valence-electron chi connectivity index (χ4n) is 3.59. The molecule has 1 fully saturated rings. The van der Waals surface area contributed by atoms with E-state index in [2.05, 4.69) is 55.1 Å². The molecule has 0 aromatic heterocycles. The van der Waals surface area contributed by atoms with Gasteiger partial charge in [-0.05, 0) is 78.2 Å². The molecule has 5 nitrogen and oxygen atoms in total. The SMILES string of the molecule is CCCN1CCC(CN=C(NCC)NC(C)CCCN(CC)CC)C1.I. The van der Waals surface area contributed by atoms with Crippen molar-refractivity contribution in [2.24, 2.45) is 10.9 Å². The summed E-state index contributed by atoms with van der Waals surface area (Å²) in [4.78, 5) is 9.94. The zero-order chi connectivity index (χ0) is 18.5. The molecule has 0 bridgehead atoms. The summed E-state index contributed by atoms with van der Waals surface area (Å²) in [6, 6.07) is 0.466. The molecular weight excluding hydrogens is 437 g/mol. The second-order valence-corrected chi connectivity index (χ2v) is 7.39. The first-order valence-electron chi connectivity index (χ1n) is 10.6. The molecule has 1 rings (SSSR count). The van der Waals surface area contributed by atoms with E-state index >= 15 is 0 Å². The maximum absolute atomic E-state index is 4.86. The normalized spacial score (nSPS) is 19.5. The minimum Gasteiger partial charge on any atom is -0.357 e. The number of hydrogen-bond donors (Lipinski definition) is 2. The van der Waals surface area contributed by atoms with Gasteiger partial charge in [0, 0.05) is 25.7 Å². The highest BCUT2D eigenvalue weighted by Gasteiger charge is 2.21. The van der Waals surface area contributed by atoms with Crippen LogP contribution < -0.4 is 10.6 Å². The summed E-state index contributed by atoms with van der Waals surface area (Å²) in [5.74, 6) is 1.71. The number of rotatable bonds is 12. The Morgan fingerprint density at radius 1 is 1.23 bits per heavy atom. The third kappa shape index (κ3) is 10.9. The lowest BCUT2D eigenvalue weighted by Crippen LogP contribution is -2.42. The summed E-state index contributed by atoms with van der Waals surface area (Å²) >= 11 is 0.